The molecule has 3 aromatic carbocycles. The summed E-state index contributed by atoms with van der Waals surface area (Å²) in [4.78, 5) is 27.1. The quantitative estimate of drug-likeness (QED) is 0.506. The smallest absolute Gasteiger partial charge is 0.267 e. The van der Waals surface area contributed by atoms with E-state index in [-0.39, 0.29) is 18.4 Å². The summed E-state index contributed by atoms with van der Waals surface area (Å²) in [5.41, 5.74) is 4.35. The highest BCUT2D eigenvalue weighted by atomic mass is 16.5. The van der Waals surface area contributed by atoms with Crippen LogP contribution in [-0.4, -0.2) is 37.7 Å². The monoisotopic (exact) mass is 474 g/mol. The van der Waals surface area contributed by atoms with Gasteiger partial charge in [0, 0.05) is 5.69 Å². The van der Waals surface area contributed by atoms with Crippen LogP contribution in [0.1, 0.15) is 23.6 Å². The molecule has 0 aliphatic carbocycles. The van der Waals surface area contributed by atoms with E-state index < -0.39 is 6.10 Å². The second-order valence-electron chi connectivity index (χ2n) is 8.63. The van der Waals surface area contributed by atoms with Crippen molar-refractivity contribution in [2.24, 2.45) is 0 Å². The van der Waals surface area contributed by atoms with Gasteiger partial charge in [-0.1, -0.05) is 24.3 Å². The lowest BCUT2D eigenvalue weighted by Crippen LogP contribution is -2.46. The molecule has 0 radical (unpaired) electrons. The molecule has 182 valence electrons. The fourth-order valence-electron chi connectivity index (χ4n) is 3.90. The van der Waals surface area contributed by atoms with Crippen LogP contribution in [0.4, 0.5) is 11.4 Å². The first kappa shape index (κ1) is 24.1. The number of anilines is 2. The van der Waals surface area contributed by atoms with Crippen molar-refractivity contribution in [2.75, 3.05) is 30.0 Å². The summed E-state index contributed by atoms with van der Waals surface area (Å²) in [6, 6.07) is 18.7. The molecule has 1 atom stereocenters. The normalized spacial score (nSPS) is 14.7. The molecule has 4 rings (SSSR count). The zero-order valence-electron chi connectivity index (χ0n) is 20.5. The van der Waals surface area contributed by atoms with Crippen LogP contribution in [0.25, 0.3) is 0 Å². The molecule has 1 aliphatic heterocycles. The summed E-state index contributed by atoms with van der Waals surface area (Å²) >= 11 is 0. The van der Waals surface area contributed by atoms with Crippen molar-refractivity contribution in [1.29, 1.82) is 0 Å². The minimum absolute atomic E-state index is 0.123. The second-order valence-corrected chi connectivity index (χ2v) is 8.63. The Kier molecular flexibility index (Phi) is 7.25. The lowest BCUT2D eigenvalue weighted by molar-refractivity contribution is -0.125. The van der Waals surface area contributed by atoms with Crippen LogP contribution in [0.3, 0.4) is 0 Å². The summed E-state index contributed by atoms with van der Waals surface area (Å²) in [5.74, 6) is 1.56. The van der Waals surface area contributed by atoms with E-state index >= 15 is 0 Å². The van der Waals surface area contributed by atoms with Crippen molar-refractivity contribution in [1.82, 2.24) is 0 Å². The second kappa shape index (κ2) is 10.5. The van der Waals surface area contributed by atoms with Crippen LogP contribution in [0.2, 0.25) is 0 Å². The van der Waals surface area contributed by atoms with E-state index in [1.165, 1.54) is 0 Å². The van der Waals surface area contributed by atoms with Crippen LogP contribution in [0.15, 0.2) is 60.7 Å². The molecule has 1 N–H and O–H groups in total. The summed E-state index contributed by atoms with van der Waals surface area (Å²) in [5, 5.41) is 2.84. The van der Waals surface area contributed by atoms with Crippen LogP contribution < -0.4 is 24.4 Å². The maximum Gasteiger partial charge on any atom is 0.267 e. The van der Waals surface area contributed by atoms with Gasteiger partial charge in [-0.15, -0.1) is 0 Å². The first-order chi connectivity index (χ1) is 16.8. The summed E-state index contributed by atoms with van der Waals surface area (Å²) in [7, 11) is 0. The number of fused-ring (bicyclic) bond motifs is 1. The molecule has 0 saturated carbocycles. The van der Waals surface area contributed by atoms with Crippen LogP contribution in [0.5, 0.6) is 17.2 Å². The molecule has 0 saturated heterocycles. The number of aryl methyl sites for hydroxylation is 2. The van der Waals surface area contributed by atoms with Gasteiger partial charge in [0.25, 0.3) is 11.8 Å². The number of carbonyl (C=O) groups is 2. The predicted octanol–water partition coefficient (Wildman–Crippen LogP) is 4.82. The zero-order valence-corrected chi connectivity index (χ0v) is 20.5. The van der Waals surface area contributed by atoms with E-state index in [2.05, 4.69) is 5.32 Å². The molecule has 1 heterocycles. The van der Waals surface area contributed by atoms with Crippen LogP contribution in [-0.2, 0) is 9.59 Å². The summed E-state index contributed by atoms with van der Waals surface area (Å²) in [6.45, 7) is 8.22. The van der Waals surface area contributed by atoms with Crippen LogP contribution >= 0.6 is 0 Å². The standard InChI is InChI=1S/C28H30N2O5/c1-18-7-5-9-23(15-18)33-14-13-30-24-16-22(11-12-26(24)35-21(4)28(30)32)29-27(31)17-34-25-10-6-8-19(2)20(25)3/h5-12,15-16,21H,13-14,17H2,1-4H3,(H,29,31). The topological polar surface area (TPSA) is 77.1 Å². The summed E-state index contributed by atoms with van der Waals surface area (Å²) in [6.07, 6.45) is -0.604. The molecule has 7 heteroatoms. The highest BCUT2D eigenvalue weighted by Gasteiger charge is 2.31. The number of benzene rings is 3. The molecule has 0 fully saturated rings. The van der Waals surface area contributed by atoms with E-state index in [0.29, 0.717) is 36.0 Å². The van der Waals surface area contributed by atoms with Crippen molar-refractivity contribution in [3.8, 4) is 17.2 Å². The Morgan fingerprint density at radius 3 is 2.63 bits per heavy atom. The van der Waals surface area contributed by atoms with Gasteiger partial charge < -0.3 is 24.4 Å². The molecule has 0 bridgehead atoms. The summed E-state index contributed by atoms with van der Waals surface area (Å²) < 4.78 is 17.3. The third-order valence-corrected chi connectivity index (χ3v) is 5.94. The van der Waals surface area contributed by atoms with Gasteiger partial charge in [0.2, 0.25) is 0 Å². The first-order valence-corrected chi connectivity index (χ1v) is 11.6. The van der Waals surface area contributed by atoms with Crippen LogP contribution in [0, 0.1) is 20.8 Å². The van der Waals surface area contributed by atoms with Gasteiger partial charge in [0.1, 0.15) is 23.9 Å². The van der Waals surface area contributed by atoms with Crippen molar-refractivity contribution in [2.45, 2.75) is 33.8 Å². The largest absolute Gasteiger partial charge is 0.492 e. The van der Waals surface area contributed by atoms with Gasteiger partial charge in [0.05, 0.1) is 12.2 Å². The van der Waals surface area contributed by atoms with Crippen molar-refractivity contribution in [3.05, 3.63) is 77.4 Å². The van der Waals surface area contributed by atoms with Crippen molar-refractivity contribution in [3.63, 3.8) is 0 Å². The fraction of sp³-hybridized carbons (Fsp3) is 0.286. The third kappa shape index (κ3) is 5.74. The molecule has 1 aliphatic rings. The number of nitrogens with one attached hydrogen (secondary N) is 1. The molecule has 0 spiro atoms. The molecule has 35 heavy (non-hydrogen) atoms. The Balaban J connectivity index is 1.42. The average molecular weight is 475 g/mol. The van der Waals surface area contributed by atoms with E-state index in [9.17, 15) is 9.59 Å². The van der Waals surface area contributed by atoms with E-state index in [1.807, 2.05) is 63.2 Å². The molecule has 0 aromatic heterocycles. The number of hydrogen-bond donors (Lipinski definition) is 1. The number of rotatable bonds is 8. The number of ether oxygens (including phenoxy) is 3. The molecule has 1 unspecified atom stereocenters. The average Bonchev–Trinajstić information content (AvgIpc) is 2.83. The first-order valence-electron chi connectivity index (χ1n) is 11.6. The minimum atomic E-state index is -0.604. The number of nitrogens with zero attached hydrogens (tertiary/aromatic N) is 1. The zero-order chi connectivity index (χ0) is 24.9. The Bertz CT molecular complexity index is 1240. The highest BCUT2D eigenvalue weighted by molar-refractivity contribution is 6.01. The maximum absolute atomic E-state index is 12.9. The number of amides is 2. The Hall–Kier alpha value is -4.00. The Morgan fingerprint density at radius 1 is 1.03 bits per heavy atom. The third-order valence-electron chi connectivity index (χ3n) is 5.94. The molecular formula is C28H30N2O5. The van der Waals surface area contributed by atoms with Gasteiger partial charge in [-0.25, -0.2) is 0 Å². The van der Waals surface area contributed by atoms with Gasteiger partial charge in [-0.2, -0.15) is 0 Å². The number of hydrogen-bond acceptors (Lipinski definition) is 5. The molecule has 7 nitrogen and oxygen atoms in total. The van der Waals surface area contributed by atoms with Gasteiger partial charge in [0.15, 0.2) is 12.7 Å². The maximum atomic E-state index is 12.9. The minimum Gasteiger partial charge on any atom is -0.492 e. The fourth-order valence-corrected chi connectivity index (χ4v) is 3.90. The predicted molar refractivity (Wildman–Crippen MR) is 136 cm³/mol. The SMILES string of the molecule is Cc1cccc(OCCN2C(=O)C(C)Oc3ccc(NC(=O)COc4cccc(C)c4C)cc32)c1. The highest BCUT2D eigenvalue weighted by Crippen LogP contribution is 2.36. The van der Waals surface area contributed by atoms with Crippen molar-refractivity contribution >= 4 is 23.2 Å². The van der Waals surface area contributed by atoms with Gasteiger partial charge in [-0.05, 0) is 80.8 Å². The molecule has 2 amide bonds. The molecule has 3 aromatic rings. The molecular weight excluding hydrogens is 444 g/mol. The van der Waals surface area contributed by atoms with Gasteiger partial charge >= 0.3 is 0 Å². The lowest BCUT2D eigenvalue weighted by atomic mass is 10.1. The van der Waals surface area contributed by atoms with Crippen molar-refractivity contribution < 1.29 is 23.8 Å². The van der Waals surface area contributed by atoms with Gasteiger partial charge in [-0.3, -0.25) is 9.59 Å². The lowest BCUT2D eigenvalue weighted by Gasteiger charge is -2.33. The number of carbonyl (C=O) groups excluding carboxylic acids is 2. The Morgan fingerprint density at radius 2 is 1.83 bits per heavy atom. The van der Waals surface area contributed by atoms with E-state index in [0.717, 1.165) is 22.4 Å². The van der Waals surface area contributed by atoms with E-state index in [4.69, 9.17) is 14.2 Å². The Labute approximate surface area is 205 Å². The van der Waals surface area contributed by atoms with E-state index in [1.54, 1.807) is 30.0 Å².